The molecule has 9 heteroatoms. The number of benzene rings is 2. The highest BCUT2D eigenvalue weighted by Gasteiger charge is 2.52. The Morgan fingerprint density at radius 3 is 2.56 bits per heavy atom. The minimum Gasteiger partial charge on any atom is -0.351 e. The van der Waals surface area contributed by atoms with Crippen molar-refractivity contribution in [1.82, 2.24) is 14.7 Å². The standard InChI is InChI=1S/C23H19FN6O2/c24-16-3-1-2-15(10-16)20-19(21(31)27-17-6-4-14(11-25)5-7-17)18-12-29(22(26)32)13-23(8-9-23)30(18)28-20/h1-7,10H,8-9,12-13H2,(H2,26,32)(H,27,31). The number of nitrogens with one attached hydrogen (secondary N) is 1. The summed E-state index contributed by atoms with van der Waals surface area (Å²) >= 11 is 0. The number of anilines is 1. The first-order valence-electron chi connectivity index (χ1n) is 10.1. The molecule has 3 N–H and O–H groups in total. The van der Waals surface area contributed by atoms with Crippen molar-refractivity contribution in [2.75, 3.05) is 11.9 Å². The maximum Gasteiger partial charge on any atom is 0.315 e. The first kappa shape index (κ1) is 19.8. The van der Waals surface area contributed by atoms with Crippen molar-refractivity contribution in [2.45, 2.75) is 24.9 Å². The average molecular weight is 430 g/mol. The number of halogens is 1. The van der Waals surface area contributed by atoms with Crippen molar-refractivity contribution >= 4 is 17.6 Å². The maximum atomic E-state index is 14.0. The van der Waals surface area contributed by atoms with E-state index in [1.807, 2.05) is 10.8 Å². The molecule has 2 heterocycles. The van der Waals surface area contributed by atoms with Crippen molar-refractivity contribution in [3.05, 3.63) is 71.2 Å². The van der Waals surface area contributed by atoms with Gasteiger partial charge < -0.3 is 16.0 Å². The molecule has 1 spiro atoms. The number of nitrogens with two attached hydrogens (primary N) is 1. The lowest BCUT2D eigenvalue weighted by atomic mass is 10.0. The number of aromatic nitrogens is 2. The van der Waals surface area contributed by atoms with Crippen molar-refractivity contribution in [3.8, 4) is 17.3 Å². The molecule has 0 saturated heterocycles. The average Bonchev–Trinajstić information content (AvgIpc) is 3.42. The van der Waals surface area contributed by atoms with Crippen LogP contribution in [0, 0.1) is 17.1 Å². The third kappa shape index (κ3) is 3.26. The molecule has 0 unspecified atom stereocenters. The third-order valence-corrected chi connectivity index (χ3v) is 5.99. The molecule has 1 saturated carbocycles. The van der Waals surface area contributed by atoms with Gasteiger partial charge in [-0.1, -0.05) is 12.1 Å². The number of nitriles is 1. The first-order valence-corrected chi connectivity index (χ1v) is 10.1. The van der Waals surface area contributed by atoms with Gasteiger partial charge in [0.05, 0.1) is 35.0 Å². The number of carbonyl (C=O) groups is 2. The second kappa shape index (κ2) is 7.20. The van der Waals surface area contributed by atoms with E-state index in [1.165, 1.54) is 17.0 Å². The number of carbonyl (C=O) groups excluding carboxylic acids is 2. The van der Waals surface area contributed by atoms with E-state index < -0.39 is 23.3 Å². The molecule has 1 aromatic heterocycles. The number of primary amides is 1. The second-order valence-electron chi connectivity index (χ2n) is 8.15. The van der Waals surface area contributed by atoms with E-state index in [-0.39, 0.29) is 12.1 Å². The number of amides is 3. The summed E-state index contributed by atoms with van der Waals surface area (Å²) in [6.07, 6.45) is 1.62. The van der Waals surface area contributed by atoms with Gasteiger partial charge in [-0.25, -0.2) is 9.18 Å². The maximum absolute atomic E-state index is 14.0. The van der Waals surface area contributed by atoms with Gasteiger partial charge in [-0.05, 0) is 49.2 Å². The highest BCUT2D eigenvalue weighted by atomic mass is 19.1. The Balaban J connectivity index is 1.62. The van der Waals surface area contributed by atoms with Crippen LogP contribution in [0.25, 0.3) is 11.3 Å². The van der Waals surface area contributed by atoms with Gasteiger partial charge in [0.1, 0.15) is 11.5 Å². The van der Waals surface area contributed by atoms with Gasteiger partial charge in [-0.3, -0.25) is 9.48 Å². The van der Waals surface area contributed by atoms with Gasteiger partial charge in [0, 0.05) is 17.8 Å². The summed E-state index contributed by atoms with van der Waals surface area (Å²) in [6.45, 7) is 0.561. The van der Waals surface area contributed by atoms with Crippen LogP contribution in [0.5, 0.6) is 0 Å². The quantitative estimate of drug-likeness (QED) is 0.663. The molecule has 32 heavy (non-hydrogen) atoms. The van der Waals surface area contributed by atoms with Gasteiger partial charge in [-0.2, -0.15) is 10.4 Å². The number of fused-ring (bicyclic) bond motifs is 2. The zero-order valence-electron chi connectivity index (χ0n) is 17.0. The molecule has 2 aromatic carbocycles. The van der Waals surface area contributed by atoms with E-state index in [1.54, 1.807) is 36.4 Å². The van der Waals surface area contributed by atoms with E-state index in [0.29, 0.717) is 34.7 Å². The van der Waals surface area contributed by atoms with E-state index in [9.17, 15) is 14.0 Å². The largest absolute Gasteiger partial charge is 0.351 e. The van der Waals surface area contributed by atoms with Gasteiger partial charge in [0.15, 0.2) is 0 Å². The Bertz CT molecular complexity index is 1290. The van der Waals surface area contributed by atoms with Gasteiger partial charge in [-0.15, -0.1) is 0 Å². The van der Waals surface area contributed by atoms with Crippen LogP contribution < -0.4 is 11.1 Å². The van der Waals surface area contributed by atoms with Crippen LogP contribution in [0.15, 0.2) is 48.5 Å². The molecular weight excluding hydrogens is 411 g/mol. The number of nitrogens with zero attached hydrogens (tertiary/aromatic N) is 4. The molecule has 8 nitrogen and oxygen atoms in total. The van der Waals surface area contributed by atoms with Crippen LogP contribution in [0.4, 0.5) is 14.9 Å². The van der Waals surface area contributed by atoms with E-state index in [0.717, 1.165) is 12.8 Å². The smallest absolute Gasteiger partial charge is 0.315 e. The first-order chi connectivity index (χ1) is 15.4. The fourth-order valence-electron chi connectivity index (χ4n) is 4.22. The molecule has 1 aliphatic heterocycles. The van der Waals surface area contributed by atoms with E-state index >= 15 is 0 Å². The summed E-state index contributed by atoms with van der Waals surface area (Å²) in [4.78, 5) is 26.9. The Hall–Kier alpha value is -4.19. The zero-order chi connectivity index (χ0) is 22.5. The number of rotatable bonds is 3. The van der Waals surface area contributed by atoms with Crippen LogP contribution in [-0.2, 0) is 12.1 Å². The fraction of sp³-hybridized carbons (Fsp3) is 0.217. The Labute approximate surface area is 183 Å². The molecule has 3 amide bonds. The predicted octanol–water partition coefficient (Wildman–Crippen LogP) is 3.20. The Morgan fingerprint density at radius 2 is 1.94 bits per heavy atom. The predicted molar refractivity (Wildman–Crippen MR) is 114 cm³/mol. The van der Waals surface area contributed by atoms with Crippen LogP contribution in [0.1, 0.15) is 34.5 Å². The van der Waals surface area contributed by atoms with Gasteiger partial charge in [0.25, 0.3) is 5.91 Å². The highest BCUT2D eigenvalue weighted by Crippen LogP contribution is 2.48. The molecule has 5 rings (SSSR count). The minimum atomic E-state index is -0.561. The summed E-state index contributed by atoms with van der Waals surface area (Å²) in [5.41, 5.74) is 7.82. The van der Waals surface area contributed by atoms with Crippen molar-refractivity contribution < 1.29 is 14.0 Å². The zero-order valence-corrected chi connectivity index (χ0v) is 17.0. The molecule has 0 atom stereocenters. The minimum absolute atomic E-state index is 0.134. The monoisotopic (exact) mass is 430 g/mol. The summed E-state index contributed by atoms with van der Waals surface area (Å²) < 4.78 is 15.8. The Morgan fingerprint density at radius 1 is 1.19 bits per heavy atom. The summed E-state index contributed by atoms with van der Waals surface area (Å²) in [6, 6.07) is 13.9. The molecular formula is C23H19FN6O2. The van der Waals surface area contributed by atoms with Crippen molar-refractivity contribution in [2.24, 2.45) is 5.73 Å². The lowest BCUT2D eigenvalue weighted by Gasteiger charge is -2.33. The fourth-order valence-corrected chi connectivity index (χ4v) is 4.22. The molecule has 1 aliphatic carbocycles. The van der Waals surface area contributed by atoms with Crippen LogP contribution in [0.2, 0.25) is 0 Å². The van der Waals surface area contributed by atoms with Crippen molar-refractivity contribution in [1.29, 1.82) is 5.26 Å². The topological polar surface area (TPSA) is 117 Å². The molecule has 1 fully saturated rings. The molecule has 3 aromatic rings. The molecule has 2 aliphatic rings. The van der Waals surface area contributed by atoms with E-state index in [2.05, 4.69) is 5.32 Å². The molecule has 0 bridgehead atoms. The summed E-state index contributed by atoms with van der Waals surface area (Å²) in [5.74, 6) is -0.871. The number of hydrogen-bond acceptors (Lipinski definition) is 4. The number of hydrogen-bond donors (Lipinski definition) is 2. The third-order valence-electron chi connectivity index (χ3n) is 5.99. The van der Waals surface area contributed by atoms with Crippen LogP contribution >= 0.6 is 0 Å². The molecule has 0 radical (unpaired) electrons. The van der Waals surface area contributed by atoms with Gasteiger partial charge in [0.2, 0.25) is 0 Å². The van der Waals surface area contributed by atoms with Crippen LogP contribution in [0.3, 0.4) is 0 Å². The lowest BCUT2D eigenvalue weighted by molar-refractivity contribution is 0.102. The Kier molecular flexibility index (Phi) is 4.44. The highest BCUT2D eigenvalue weighted by molar-refractivity contribution is 6.09. The normalized spacial score (nSPS) is 15.7. The summed E-state index contributed by atoms with van der Waals surface area (Å²) in [7, 11) is 0. The SMILES string of the molecule is N#Cc1ccc(NC(=O)c2c(-c3cccc(F)c3)nn3c2CN(C(N)=O)CC32CC2)cc1. The second-order valence-corrected chi connectivity index (χ2v) is 8.15. The van der Waals surface area contributed by atoms with Crippen molar-refractivity contribution in [3.63, 3.8) is 0 Å². The lowest BCUT2D eigenvalue weighted by Crippen LogP contribution is -2.48. The van der Waals surface area contributed by atoms with E-state index in [4.69, 9.17) is 16.1 Å². The summed E-state index contributed by atoms with van der Waals surface area (Å²) in [5, 5.41) is 16.5. The van der Waals surface area contributed by atoms with Crippen LogP contribution in [-0.4, -0.2) is 33.2 Å². The molecule has 160 valence electrons. The number of urea groups is 1. The van der Waals surface area contributed by atoms with Gasteiger partial charge >= 0.3 is 6.03 Å².